The third-order valence-electron chi connectivity index (χ3n) is 2.84. The molecule has 1 rings (SSSR count). The Morgan fingerprint density at radius 1 is 1.32 bits per heavy atom. The van der Waals surface area contributed by atoms with Crippen LogP contribution in [0.15, 0.2) is 18.2 Å². The third-order valence-corrected chi connectivity index (χ3v) is 3.70. The number of rotatable bonds is 6. The summed E-state index contributed by atoms with van der Waals surface area (Å²) < 4.78 is 0. The molecule has 3 nitrogen and oxygen atoms in total. The molecule has 2 N–H and O–H groups in total. The Bertz CT molecular complexity index is 435. The molecular formula is C14H20Cl2N2O. The van der Waals surface area contributed by atoms with Crippen LogP contribution in [0.3, 0.4) is 0 Å². The van der Waals surface area contributed by atoms with Gasteiger partial charge in [-0.25, -0.2) is 0 Å². The molecule has 0 saturated carbocycles. The summed E-state index contributed by atoms with van der Waals surface area (Å²) in [5.41, 5.74) is 0.895. The molecule has 1 atom stereocenters. The van der Waals surface area contributed by atoms with Crippen LogP contribution in [0.1, 0.15) is 25.8 Å². The second kappa shape index (κ2) is 7.73. The third kappa shape index (κ3) is 5.01. The van der Waals surface area contributed by atoms with E-state index in [4.69, 9.17) is 23.2 Å². The molecule has 0 aliphatic heterocycles. The summed E-state index contributed by atoms with van der Waals surface area (Å²) >= 11 is 12.1. The van der Waals surface area contributed by atoms with Gasteiger partial charge in [0.1, 0.15) is 0 Å². The molecule has 5 heteroatoms. The molecule has 0 bridgehead atoms. The standard InChI is InChI=1S/C14H20Cl2N2O/c1-9(2)7-12(14(19)17-3)18-8-10-5-4-6-11(15)13(10)16/h4-6,9,12,18H,7-8H2,1-3H3,(H,17,19). The summed E-state index contributed by atoms with van der Waals surface area (Å²) in [5.74, 6) is 0.427. The Balaban J connectivity index is 2.70. The zero-order valence-electron chi connectivity index (χ0n) is 11.5. The van der Waals surface area contributed by atoms with Crippen molar-refractivity contribution < 1.29 is 4.79 Å². The Kier molecular flexibility index (Phi) is 6.63. The average molecular weight is 303 g/mol. The monoisotopic (exact) mass is 302 g/mol. The zero-order valence-corrected chi connectivity index (χ0v) is 13.0. The molecule has 19 heavy (non-hydrogen) atoms. The van der Waals surface area contributed by atoms with Crippen molar-refractivity contribution in [2.45, 2.75) is 32.9 Å². The Morgan fingerprint density at radius 2 is 2.00 bits per heavy atom. The topological polar surface area (TPSA) is 41.1 Å². The molecule has 0 saturated heterocycles. The van der Waals surface area contributed by atoms with Gasteiger partial charge in [-0.15, -0.1) is 0 Å². The molecule has 1 amide bonds. The van der Waals surface area contributed by atoms with Gasteiger partial charge in [0.05, 0.1) is 16.1 Å². The Labute approximate surface area is 124 Å². The van der Waals surface area contributed by atoms with Gasteiger partial charge in [0.15, 0.2) is 0 Å². The lowest BCUT2D eigenvalue weighted by Crippen LogP contribution is -2.43. The van der Waals surface area contributed by atoms with E-state index in [0.717, 1.165) is 12.0 Å². The van der Waals surface area contributed by atoms with Crippen molar-refractivity contribution in [2.24, 2.45) is 5.92 Å². The zero-order chi connectivity index (χ0) is 14.4. The van der Waals surface area contributed by atoms with E-state index in [1.54, 1.807) is 13.1 Å². The normalized spacial score (nSPS) is 12.5. The van der Waals surface area contributed by atoms with Crippen LogP contribution in [-0.4, -0.2) is 19.0 Å². The lowest BCUT2D eigenvalue weighted by molar-refractivity contribution is -0.123. The smallest absolute Gasteiger partial charge is 0.236 e. The van der Waals surface area contributed by atoms with E-state index in [0.29, 0.717) is 22.5 Å². The highest BCUT2D eigenvalue weighted by Gasteiger charge is 2.18. The SMILES string of the molecule is CNC(=O)C(CC(C)C)NCc1cccc(Cl)c1Cl. The van der Waals surface area contributed by atoms with Gasteiger partial charge >= 0.3 is 0 Å². The lowest BCUT2D eigenvalue weighted by Gasteiger charge is -2.19. The summed E-state index contributed by atoms with van der Waals surface area (Å²) in [6.07, 6.45) is 0.776. The highest BCUT2D eigenvalue weighted by molar-refractivity contribution is 6.42. The molecule has 0 spiro atoms. The number of amides is 1. The van der Waals surface area contributed by atoms with Crippen LogP contribution in [0.5, 0.6) is 0 Å². The minimum absolute atomic E-state index is 0.00755. The summed E-state index contributed by atoms with van der Waals surface area (Å²) in [5, 5.41) is 6.97. The quantitative estimate of drug-likeness (QED) is 0.847. The van der Waals surface area contributed by atoms with Gasteiger partial charge in [-0.1, -0.05) is 49.2 Å². The summed E-state index contributed by atoms with van der Waals surface area (Å²) in [7, 11) is 1.64. The van der Waals surface area contributed by atoms with Crippen LogP contribution >= 0.6 is 23.2 Å². The fourth-order valence-corrected chi connectivity index (χ4v) is 2.23. The molecule has 106 valence electrons. The first-order valence-corrected chi connectivity index (χ1v) is 7.09. The van der Waals surface area contributed by atoms with Gasteiger partial charge in [-0.3, -0.25) is 4.79 Å². The van der Waals surface area contributed by atoms with Crippen LogP contribution in [0.25, 0.3) is 0 Å². The number of carbonyl (C=O) groups is 1. The van der Waals surface area contributed by atoms with Crippen molar-refractivity contribution in [1.82, 2.24) is 10.6 Å². The van der Waals surface area contributed by atoms with Gasteiger partial charge in [-0.2, -0.15) is 0 Å². The van der Waals surface area contributed by atoms with Crippen molar-refractivity contribution in [3.63, 3.8) is 0 Å². The van der Waals surface area contributed by atoms with Gasteiger partial charge in [0.2, 0.25) is 5.91 Å². The number of benzene rings is 1. The Morgan fingerprint density at radius 3 is 2.58 bits per heavy atom. The van der Waals surface area contributed by atoms with Crippen molar-refractivity contribution in [3.8, 4) is 0 Å². The van der Waals surface area contributed by atoms with Crippen LogP contribution in [-0.2, 0) is 11.3 Å². The number of likely N-dealkylation sites (N-methyl/N-ethyl adjacent to an activating group) is 1. The van der Waals surface area contributed by atoms with Gasteiger partial charge in [0.25, 0.3) is 0 Å². The van der Waals surface area contributed by atoms with Gasteiger partial charge in [-0.05, 0) is 24.0 Å². The fraction of sp³-hybridized carbons (Fsp3) is 0.500. The fourth-order valence-electron chi connectivity index (χ4n) is 1.85. The summed E-state index contributed by atoms with van der Waals surface area (Å²) in [4.78, 5) is 11.8. The second-order valence-electron chi connectivity index (χ2n) is 4.89. The van der Waals surface area contributed by atoms with Crippen LogP contribution in [0.4, 0.5) is 0 Å². The van der Waals surface area contributed by atoms with Crippen LogP contribution < -0.4 is 10.6 Å². The minimum Gasteiger partial charge on any atom is -0.358 e. The number of nitrogens with one attached hydrogen (secondary N) is 2. The van der Waals surface area contributed by atoms with Crippen molar-refractivity contribution in [2.75, 3.05) is 7.05 Å². The molecule has 1 aromatic rings. The molecule has 0 aliphatic rings. The first-order valence-electron chi connectivity index (χ1n) is 6.33. The molecule has 1 aromatic carbocycles. The van der Waals surface area contributed by atoms with Gasteiger partial charge < -0.3 is 10.6 Å². The molecule has 0 aliphatic carbocycles. The predicted molar refractivity (Wildman–Crippen MR) is 80.6 cm³/mol. The highest BCUT2D eigenvalue weighted by atomic mass is 35.5. The van der Waals surface area contributed by atoms with E-state index < -0.39 is 0 Å². The van der Waals surface area contributed by atoms with E-state index in [9.17, 15) is 4.79 Å². The van der Waals surface area contributed by atoms with E-state index in [2.05, 4.69) is 24.5 Å². The molecule has 0 fully saturated rings. The number of halogens is 2. The first-order chi connectivity index (χ1) is 8.95. The summed E-state index contributed by atoms with van der Waals surface area (Å²) in [6.45, 7) is 4.69. The van der Waals surface area contributed by atoms with Crippen LogP contribution in [0, 0.1) is 5.92 Å². The van der Waals surface area contributed by atoms with Gasteiger partial charge in [0, 0.05) is 13.6 Å². The maximum atomic E-state index is 11.8. The van der Waals surface area contributed by atoms with Crippen LogP contribution in [0.2, 0.25) is 10.0 Å². The first kappa shape index (κ1) is 16.3. The average Bonchev–Trinajstić information content (AvgIpc) is 2.37. The Hall–Kier alpha value is -0.770. The molecular weight excluding hydrogens is 283 g/mol. The van der Waals surface area contributed by atoms with E-state index >= 15 is 0 Å². The maximum absolute atomic E-state index is 11.8. The summed E-state index contributed by atoms with van der Waals surface area (Å²) in [6, 6.07) is 5.28. The molecule has 0 radical (unpaired) electrons. The van der Waals surface area contributed by atoms with E-state index in [-0.39, 0.29) is 11.9 Å². The largest absolute Gasteiger partial charge is 0.358 e. The number of carbonyl (C=O) groups excluding carboxylic acids is 1. The lowest BCUT2D eigenvalue weighted by atomic mass is 10.0. The van der Waals surface area contributed by atoms with Crippen molar-refractivity contribution >= 4 is 29.1 Å². The van der Waals surface area contributed by atoms with E-state index in [1.807, 2.05) is 12.1 Å². The van der Waals surface area contributed by atoms with E-state index in [1.165, 1.54) is 0 Å². The maximum Gasteiger partial charge on any atom is 0.236 e. The molecule has 0 aromatic heterocycles. The van der Waals surface area contributed by atoms with Crippen molar-refractivity contribution in [1.29, 1.82) is 0 Å². The molecule has 1 unspecified atom stereocenters. The second-order valence-corrected chi connectivity index (χ2v) is 5.68. The number of hydrogen-bond donors (Lipinski definition) is 2. The molecule has 0 heterocycles. The van der Waals surface area contributed by atoms with Crippen molar-refractivity contribution in [3.05, 3.63) is 33.8 Å². The predicted octanol–water partition coefficient (Wildman–Crippen LogP) is 3.24. The highest BCUT2D eigenvalue weighted by Crippen LogP contribution is 2.25. The minimum atomic E-state index is -0.222. The number of hydrogen-bond acceptors (Lipinski definition) is 2.